The van der Waals surface area contributed by atoms with Crippen molar-refractivity contribution in [3.05, 3.63) is 29.8 Å². The molecule has 0 spiro atoms. The minimum Gasteiger partial charge on any atom is -0.508 e. The van der Waals surface area contributed by atoms with Crippen LogP contribution in [0.15, 0.2) is 24.3 Å². The highest BCUT2D eigenvalue weighted by molar-refractivity contribution is 5.28. The molecular weight excluding hydrogens is 232 g/mol. The van der Waals surface area contributed by atoms with E-state index in [1.54, 1.807) is 31.4 Å². The van der Waals surface area contributed by atoms with Crippen molar-refractivity contribution < 1.29 is 5.11 Å². The third-order valence-electron chi connectivity index (χ3n) is 5.19. The van der Waals surface area contributed by atoms with E-state index >= 15 is 0 Å². The van der Waals surface area contributed by atoms with Crippen molar-refractivity contribution in [2.75, 3.05) is 0 Å². The molecule has 1 N–H and O–H groups in total. The molecule has 0 aliphatic heterocycles. The van der Waals surface area contributed by atoms with Gasteiger partial charge in [-0.3, -0.25) is 0 Å². The number of fused-ring (bicyclic) bond motifs is 1. The molecule has 0 saturated heterocycles. The second-order valence-electron chi connectivity index (χ2n) is 6.61. The molecule has 4 rings (SSSR count). The summed E-state index contributed by atoms with van der Waals surface area (Å²) in [6.07, 6.45) is 13.0. The van der Waals surface area contributed by atoms with Crippen LogP contribution in [-0.2, 0) is 0 Å². The molecule has 0 amide bonds. The van der Waals surface area contributed by atoms with Gasteiger partial charge in [0.1, 0.15) is 5.75 Å². The Labute approximate surface area is 117 Å². The summed E-state index contributed by atoms with van der Waals surface area (Å²) in [6.45, 7) is 0. The Morgan fingerprint density at radius 1 is 0.737 bits per heavy atom. The zero-order valence-electron chi connectivity index (χ0n) is 11.9. The van der Waals surface area contributed by atoms with E-state index in [0.29, 0.717) is 5.75 Å². The quantitative estimate of drug-likeness (QED) is 0.729. The first kappa shape index (κ1) is 13.0. The average molecular weight is 258 g/mol. The summed E-state index contributed by atoms with van der Waals surface area (Å²) in [5.74, 6) is 3.55. The molecule has 104 valence electrons. The summed E-state index contributed by atoms with van der Waals surface area (Å²) in [6, 6.07) is 7.71. The fourth-order valence-corrected chi connectivity index (χ4v) is 3.84. The van der Waals surface area contributed by atoms with Gasteiger partial charge in [0.15, 0.2) is 0 Å². The number of rotatable bonds is 1. The van der Waals surface area contributed by atoms with E-state index in [0.717, 1.165) is 5.92 Å². The fraction of sp³-hybridized carbons (Fsp3) is 0.667. The fourth-order valence-electron chi connectivity index (χ4n) is 3.84. The highest BCUT2D eigenvalue weighted by Gasteiger charge is 2.40. The third kappa shape index (κ3) is 3.52. The Kier molecular flexibility index (Phi) is 4.10. The minimum absolute atomic E-state index is 0.375. The molecule has 0 radical (unpaired) electrons. The first-order chi connectivity index (χ1) is 9.33. The molecule has 1 nitrogen and oxygen atoms in total. The van der Waals surface area contributed by atoms with Gasteiger partial charge in [0.25, 0.3) is 0 Å². The van der Waals surface area contributed by atoms with Gasteiger partial charge < -0.3 is 5.11 Å². The average Bonchev–Trinajstić information content (AvgIpc) is 3.07. The Hall–Kier alpha value is -0.980. The van der Waals surface area contributed by atoms with Crippen molar-refractivity contribution in [1.82, 2.24) is 0 Å². The van der Waals surface area contributed by atoms with Gasteiger partial charge in [-0.25, -0.2) is 0 Å². The van der Waals surface area contributed by atoms with E-state index in [-0.39, 0.29) is 0 Å². The highest BCUT2D eigenvalue weighted by Crippen LogP contribution is 2.51. The molecule has 19 heavy (non-hydrogen) atoms. The summed E-state index contributed by atoms with van der Waals surface area (Å²) >= 11 is 0. The number of benzene rings is 1. The summed E-state index contributed by atoms with van der Waals surface area (Å²) in [5, 5.41) is 9.16. The lowest BCUT2D eigenvalue weighted by molar-refractivity contribution is 0.442. The van der Waals surface area contributed by atoms with E-state index in [1.807, 2.05) is 0 Å². The molecule has 0 heterocycles. The molecule has 3 aliphatic carbocycles. The molecule has 1 heteroatoms. The van der Waals surface area contributed by atoms with Gasteiger partial charge >= 0.3 is 0 Å². The van der Waals surface area contributed by atoms with Gasteiger partial charge in [-0.05, 0) is 54.7 Å². The van der Waals surface area contributed by atoms with Crippen LogP contribution in [0.5, 0.6) is 5.75 Å². The van der Waals surface area contributed by atoms with Crippen LogP contribution in [0, 0.1) is 11.8 Å². The van der Waals surface area contributed by atoms with Crippen molar-refractivity contribution in [1.29, 1.82) is 0 Å². The monoisotopic (exact) mass is 258 g/mol. The molecule has 0 bridgehead atoms. The van der Waals surface area contributed by atoms with Crippen LogP contribution in [0.4, 0.5) is 0 Å². The van der Waals surface area contributed by atoms with Crippen LogP contribution in [0.1, 0.15) is 69.3 Å². The second kappa shape index (κ2) is 5.98. The van der Waals surface area contributed by atoms with Crippen molar-refractivity contribution in [3.63, 3.8) is 0 Å². The SMILES string of the molecule is C1CC2CC2C1.Oc1ccc(C2CCCCC2)cc1. The summed E-state index contributed by atoms with van der Waals surface area (Å²) in [5.41, 5.74) is 1.40. The van der Waals surface area contributed by atoms with Crippen LogP contribution >= 0.6 is 0 Å². The molecule has 3 fully saturated rings. The molecule has 0 aromatic heterocycles. The maximum absolute atomic E-state index is 9.16. The van der Waals surface area contributed by atoms with E-state index in [1.165, 1.54) is 55.9 Å². The second-order valence-corrected chi connectivity index (χ2v) is 6.61. The lowest BCUT2D eigenvalue weighted by Gasteiger charge is -2.21. The Bertz CT molecular complexity index is 381. The first-order valence-electron chi connectivity index (χ1n) is 8.12. The van der Waals surface area contributed by atoms with Gasteiger partial charge in [0.2, 0.25) is 0 Å². The summed E-state index contributed by atoms with van der Waals surface area (Å²) in [4.78, 5) is 0. The topological polar surface area (TPSA) is 20.2 Å². The van der Waals surface area contributed by atoms with Gasteiger partial charge in [-0.2, -0.15) is 0 Å². The molecule has 1 aromatic rings. The van der Waals surface area contributed by atoms with Crippen molar-refractivity contribution in [2.45, 2.75) is 63.7 Å². The molecule has 2 atom stereocenters. The molecule has 2 unspecified atom stereocenters. The van der Waals surface area contributed by atoms with E-state index in [9.17, 15) is 0 Å². The third-order valence-corrected chi connectivity index (χ3v) is 5.19. The summed E-state index contributed by atoms with van der Waals surface area (Å²) < 4.78 is 0. The highest BCUT2D eigenvalue weighted by atomic mass is 16.3. The standard InChI is InChI=1S/C12H16O.C6H10/c13-12-8-6-11(7-9-12)10-4-2-1-3-5-10;1-2-5-4-6(5)3-1/h6-10,13H,1-5H2;5-6H,1-4H2. The van der Waals surface area contributed by atoms with Crippen molar-refractivity contribution in [2.24, 2.45) is 11.8 Å². The number of phenolic OH excluding ortho intramolecular Hbond substituents is 1. The minimum atomic E-state index is 0.375. The lowest BCUT2D eigenvalue weighted by atomic mass is 9.84. The van der Waals surface area contributed by atoms with E-state index < -0.39 is 0 Å². The number of hydrogen-bond acceptors (Lipinski definition) is 1. The van der Waals surface area contributed by atoms with E-state index in [4.69, 9.17) is 5.11 Å². The number of phenols is 1. The van der Waals surface area contributed by atoms with E-state index in [2.05, 4.69) is 12.1 Å². The van der Waals surface area contributed by atoms with Gasteiger partial charge in [-0.15, -0.1) is 0 Å². The van der Waals surface area contributed by atoms with Crippen LogP contribution in [0.3, 0.4) is 0 Å². The largest absolute Gasteiger partial charge is 0.508 e. The Balaban J connectivity index is 0.000000151. The molecule has 3 aliphatic rings. The van der Waals surface area contributed by atoms with Crippen LogP contribution < -0.4 is 0 Å². The lowest BCUT2D eigenvalue weighted by Crippen LogP contribution is -2.03. The maximum atomic E-state index is 9.16. The predicted octanol–water partition coefficient (Wildman–Crippen LogP) is 5.25. The molecule has 1 aromatic carbocycles. The zero-order chi connectivity index (χ0) is 13.1. The van der Waals surface area contributed by atoms with Crippen molar-refractivity contribution in [3.8, 4) is 5.75 Å². The normalized spacial score (nSPS) is 29.3. The van der Waals surface area contributed by atoms with Crippen LogP contribution in [0.2, 0.25) is 0 Å². The smallest absolute Gasteiger partial charge is 0.115 e. The van der Waals surface area contributed by atoms with Gasteiger partial charge in [0, 0.05) is 0 Å². The molecular formula is C18H26O. The molecule has 3 saturated carbocycles. The number of hydrogen-bond donors (Lipinski definition) is 1. The van der Waals surface area contributed by atoms with Gasteiger partial charge in [-0.1, -0.05) is 50.7 Å². The summed E-state index contributed by atoms with van der Waals surface area (Å²) in [7, 11) is 0. The van der Waals surface area contributed by atoms with Crippen LogP contribution in [-0.4, -0.2) is 5.11 Å². The predicted molar refractivity (Wildman–Crippen MR) is 79.4 cm³/mol. The maximum Gasteiger partial charge on any atom is 0.115 e. The van der Waals surface area contributed by atoms with Crippen molar-refractivity contribution >= 4 is 0 Å². The zero-order valence-corrected chi connectivity index (χ0v) is 11.9. The Morgan fingerprint density at radius 2 is 1.37 bits per heavy atom. The number of aromatic hydroxyl groups is 1. The van der Waals surface area contributed by atoms with Gasteiger partial charge in [0.05, 0.1) is 0 Å². The van der Waals surface area contributed by atoms with Crippen LogP contribution in [0.25, 0.3) is 0 Å². The first-order valence-corrected chi connectivity index (χ1v) is 8.12. The Morgan fingerprint density at radius 3 is 1.84 bits per heavy atom.